The molecule has 20 heavy (non-hydrogen) atoms. The van der Waals surface area contributed by atoms with E-state index in [0.717, 1.165) is 60.4 Å². The predicted octanol–water partition coefficient (Wildman–Crippen LogP) is 3.50. The Morgan fingerprint density at radius 2 is 2.00 bits per heavy atom. The Bertz CT molecular complexity index is 470. The van der Waals surface area contributed by atoms with Crippen molar-refractivity contribution in [3.05, 3.63) is 0 Å². The first-order valence-corrected chi connectivity index (χ1v) is 8.75. The number of carbonyl (C=O) groups is 1. The molecule has 2 nitrogen and oxygen atoms in total. The summed E-state index contributed by atoms with van der Waals surface area (Å²) in [6.07, 6.45) is 6.48. The number of cyclic esters (lactones) is 1. The molecule has 0 N–H and O–H groups in total. The monoisotopic (exact) mass is 274 g/mol. The van der Waals surface area contributed by atoms with Gasteiger partial charge >= 0.3 is 5.97 Å². The number of fused-ring (bicyclic) bond motifs is 10. The molecule has 8 atom stereocenters. The summed E-state index contributed by atoms with van der Waals surface area (Å²) in [6, 6.07) is 0. The summed E-state index contributed by atoms with van der Waals surface area (Å²) in [5.74, 6) is 7.64. The highest BCUT2D eigenvalue weighted by atomic mass is 16.5. The van der Waals surface area contributed by atoms with Crippen LogP contribution in [0.2, 0.25) is 0 Å². The van der Waals surface area contributed by atoms with E-state index in [2.05, 4.69) is 13.8 Å². The SMILES string of the molecule is CC(C)C1CC2CC1C1C2C2CC1C1(COC(=O)C1)C2. The van der Waals surface area contributed by atoms with E-state index in [0.29, 0.717) is 0 Å². The molecular formula is C18H26O2. The second-order valence-corrected chi connectivity index (χ2v) is 8.96. The summed E-state index contributed by atoms with van der Waals surface area (Å²) in [6.45, 7) is 5.59. The van der Waals surface area contributed by atoms with E-state index in [9.17, 15) is 4.79 Å². The van der Waals surface area contributed by atoms with Crippen LogP contribution in [0.1, 0.15) is 46.0 Å². The summed E-state index contributed by atoms with van der Waals surface area (Å²) in [5.41, 5.74) is 0.273. The minimum Gasteiger partial charge on any atom is -0.465 e. The smallest absolute Gasteiger partial charge is 0.306 e. The van der Waals surface area contributed by atoms with Crippen molar-refractivity contribution in [1.82, 2.24) is 0 Å². The van der Waals surface area contributed by atoms with Crippen molar-refractivity contribution >= 4 is 5.97 Å². The lowest BCUT2D eigenvalue weighted by atomic mass is 9.58. The van der Waals surface area contributed by atoms with Gasteiger partial charge in [-0.3, -0.25) is 4.79 Å². The Kier molecular flexibility index (Phi) is 2.18. The molecule has 0 aromatic heterocycles. The van der Waals surface area contributed by atoms with Gasteiger partial charge in [-0.1, -0.05) is 13.8 Å². The third-order valence-electron chi connectivity index (χ3n) is 8.08. The van der Waals surface area contributed by atoms with Gasteiger partial charge in [-0.05, 0) is 73.0 Å². The molecule has 0 radical (unpaired) electrons. The van der Waals surface area contributed by atoms with Crippen LogP contribution in [0.15, 0.2) is 0 Å². The number of hydrogen-bond acceptors (Lipinski definition) is 2. The highest BCUT2D eigenvalue weighted by Crippen LogP contribution is 2.74. The second kappa shape index (κ2) is 3.62. The molecule has 4 bridgehead atoms. The number of carbonyl (C=O) groups excluding carboxylic acids is 1. The highest BCUT2D eigenvalue weighted by molar-refractivity contribution is 5.72. The van der Waals surface area contributed by atoms with Crippen LogP contribution in [0.3, 0.4) is 0 Å². The Balaban J connectivity index is 1.49. The molecule has 0 amide bonds. The summed E-state index contributed by atoms with van der Waals surface area (Å²) in [7, 11) is 0. The van der Waals surface area contributed by atoms with Crippen LogP contribution >= 0.6 is 0 Å². The molecule has 1 saturated heterocycles. The molecule has 5 aliphatic rings. The highest BCUT2D eigenvalue weighted by Gasteiger charge is 2.69. The van der Waals surface area contributed by atoms with Crippen LogP contribution in [0, 0.1) is 52.8 Å². The van der Waals surface area contributed by atoms with E-state index < -0.39 is 0 Å². The molecule has 1 heterocycles. The van der Waals surface area contributed by atoms with Gasteiger partial charge < -0.3 is 4.74 Å². The lowest BCUT2D eigenvalue weighted by molar-refractivity contribution is -0.137. The quantitative estimate of drug-likeness (QED) is 0.540. The third kappa shape index (κ3) is 1.25. The fourth-order valence-corrected chi connectivity index (χ4v) is 7.71. The zero-order chi connectivity index (χ0) is 13.6. The Hall–Kier alpha value is -0.530. The summed E-state index contributed by atoms with van der Waals surface area (Å²) in [5, 5.41) is 0. The number of ether oxygens (including phenoxy) is 1. The molecule has 2 heteroatoms. The Morgan fingerprint density at radius 1 is 1.15 bits per heavy atom. The third-order valence-corrected chi connectivity index (χ3v) is 8.08. The van der Waals surface area contributed by atoms with Crippen LogP contribution in [0.4, 0.5) is 0 Å². The Morgan fingerprint density at radius 3 is 2.70 bits per heavy atom. The summed E-state index contributed by atoms with van der Waals surface area (Å²) >= 11 is 0. The van der Waals surface area contributed by atoms with Crippen molar-refractivity contribution in [2.24, 2.45) is 52.8 Å². The molecule has 1 aliphatic heterocycles. The average molecular weight is 274 g/mol. The summed E-state index contributed by atoms with van der Waals surface area (Å²) in [4.78, 5) is 11.7. The van der Waals surface area contributed by atoms with Crippen LogP contribution in [0.5, 0.6) is 0 Å². The van der Waals surface area contributed by atoms with Gasteiger partial charge in [0.2, 0.25) is 0 Å². The zero-order valence-corrected chi connectivity index (χ0v) is 12.7. The van der Waals surface area contributed by atoms with Gasteiger partial charge in [-0.2, -0.15) is 0 Å². The van der Waals surface area contributed by atoms with Gasteiger partial charge in [0, 0.05) is 5.41 Å². The minimum atomic E-state index is 0.0812. The van der Waals surface area contributed by atoms with Gasteiger partial charge in [0.1, 0.15) is 0 Å². The van der Waals surface area contributed by atoms with Gasteiger partial charge in [0.15, 0.2) is 0 Å². The number of rotatable bonds is 1. The van der Waals surface area contributed by atoms with Crippen molar-refractivity contribution in [2.45, 2.75) is 46.0 Å². The molecule has 5 rings (SSSR count). The lowest BCUT2D eigenvalue weighted by Crippen LogP contribution is -2.43. The molecule has 110 valence electrons. The fraction of sp³-hybridized carbons (Fsp3) is 0.944. The zero-order valence-electron chi connectivity index (χ0n) is 12.7. The molecule has 0 aromatic rings. The molecule has 4 aliphatic carbocycles. The number of hydrogen-bond donors (Lipinski definition) is 0. The topological polar surface area (TPSA) is 26.3 Å². The largest absolute Gasteiger partial charge is 0.465 e. The Labute approximate surface area is 121 Å². The summed E-state index contributed by atoms with van der Waals surface area (Å²) < 4.78 is 5.41. The van der Waals surface area contributed by atoms with Crippen molar-refractivity contribution in [3.8, 4) is 0 Å². The van der Waals surface area contributed by atoms with Crippen molar-refractivity contribution in [1.29, 1.82) is 0 Å². The van der Waals surface area contributed by atoms with E-state index in [1.165, 1.54) is 25.7 Å². The van der Waals surface area contributed by atoms with Gasteiger partial charge in [0.25, 0.3) is 0 Å². The van der Waals surface area contributed by atoms with Crippen LogP contribution in [-0.4, -0.2) is 12.6 Å². The van der Waals surface area contributed by atoms with Crippen LogP contribution in [0.25, 0.3) is 0 Å². The van der Waals surface area contributed by atoms with Crippen molar-refractivity contribution < 1.29 is 9.53 Å². The fourth-order valence-electron chi connectivity index (χ4n) is 7.71. The molecule has 8 unspecified atom stereocenters. The van der Waals surface area contributed by atoms with Gasteiger partial charge in [-0.15, -0.1) is 0 Å². The lowest BCUT2D eigenvalue weighted by Gasteiger charge is -2.46. The van der Waals surface area contributed by atoms with Crippen molar-refractivity contribution in [2.75, 3.05) is 6.61 Å². The maximum Gasteiger partial charge on any atom is 0.306 e. The van der Waals surface area contributed by atoms with E-state index in [-0.39, 0.29) is 11.4 Å². The van der Waals surface area contributed by atoms with Gasteiger partial charge in [0.05, 0.1) is 13.0 Å². The predicted molar refractivity (Wildman–Crippen MR) is 75.7 cm³/mol. The normalized spacial score (nSPS) is 59.0. The minimum absolute atomic E-state index is 0.0812. The van der Waals surface area contributed by atoms with Crippen molar-refractivity contribution in [3.63, 3.8) is 0 Å². The van der Waals surface area contributed by atoms with E-state index in [1.54, 1.807) is 0 Å². The first-order chi connectivity index (χ1) is 9.59. The van der Waals surface area contributed by atoms with E-state index in [4.69, 9.17) is 4.74 Å². The maximum atomic E-state index is 11.7. The number of esters is 1. The standard InChI is InChI=1S/C18H26O2/c1-9(2)12-3-10-4-13(12)17-14-5-11(16(10)17)6-18(14)7-15(19)20-8-18/h9-14,16-17H,3-8H2,1-2H3. The van der Waals surface area contributed by atoms with Crippen LogP contribution < -0.4 is 0 Å². The van der Waals surface area contributed by atoms with Gasteiger partial charge in [-0.25, -0.2) is 0 Å². The maximum absolute atomic E-state index is 11.7. The first kappa shape index (κ1) is 12.1. The van der Waals surface area contributed by atoms with Crippen LogP contribution in [-0.2, 0) is 9.53 Å². The molecular weight excluding hydrogens is 248 g/mol. The van der Waals surface area contributed by atoms with E-state index >= 15 is 0 Å². The first-order valence-electron chi connectivity index (χ1n) is 8.75. The van der Waals surface area contributed by atoms with E-state index in [1.807, 2.05) is 0 Å². The molecule has 1 spiro atoms. The average Bonchev–Trinajstić information content (AvgIpc) is 3.14. The molecule has 5 fully saturated rings. The molecule has 0 aromatic carbocycles. The second-order valence-electron chi connectivity index (χ2n) is 8.96. The molecule has 4 saturated carbocycles.